The maximum Gasteiger partial charge on any atom is 0.297 e. The van der Waals surface area contributed by atoms with E-state index >= 15 is 0 Å². The standard InChI is InChI=1S/C28H27N5OS2/c1-20(16-17-22-11-6-4-7-12-22)30-32-24(25-15-10-18-35-25)19-36-28(32)29-26-21(2)31(3)33(27(26)34)23-13-8-5-9-14-23/h4-15,18-19H,16-17H2,1-3H3. The molecule has 6 nitrogen and oxygen atoms in total. The third-order valence-corrected chi connectivity index (χ3v) is 7.79. The van der Waals surface area contributed by atoms with E-state index in [0.29, 0.717) is 10.5 Å². The van der Waals surface area contributed by atoms with Gasteiger partial charge in [-0.3, -0.25) is 9.48 Å². The fourth-order valence-electron chi connectivity index (χ4n) is 4.04. The van der Waals surface area contributed by atoms with Gasteiger partial charge in [-0.2, -0.15) is 5.10 Å². The molecule has 0 saturated heterocycles. The average Bonchev–Trinajstić information content (AvgIpc) is 3.61. The molecule has 182 valence electrons. The number of hydrogen-bond donors (Lipinski definition) is 0. The minimum atomic E-state index is -0.149. The van der Waals surface area contributed by atoms with Crippen LogP contribution in [0.4, 0.5) is 5.69 Å². The van der Waals surface area contributed by atoms with Gasteiger partial charge in [0.25, 0.3) is 5.56 Å². The van der Waals surface area contributed by atoms with Crippen molar-refractivity contribution in [3.8, 4) is 16.3 Å². The lowest BCUT2D eigenvalue weighted by molar-refractivity contribution is 0.630. The molecule has 2 aromatic carbocycles. The van der Waals surface area contributed by atoms with Crippen LogP contribution in [0.2, 0.25) is 0 Å². The molecular formula is C28H27N5OS2. The fraction of sp³-hybridized carbons (Fsp3) is 0.179. The summed E-state index contributed by atoms with van der Waals surface area (Å²) in [6, 6.07) is 24.2. The van der Waals surface area contributed by atoms with Gasteiger partial charge in [0.05, 0.1) is 22.0 Å². The summed E-state index contributed by atoms with van der Waals surface area (Å²) in [7, 11) is 1.88. The Balaban J connectivity index is 1.60. The Hall–Kier alpha value is -3.75. The molecule has 0 saturated carbocycles. The lowest BCUT2D eigenvalue weighted by Crippen LogP contribution is -2.20. The van der Waals surface area contributed by atoms with E-state index in [0.717, 1.165) is 40.5 Å². The van der Waals surface area contributed by atoms with E-state index in [1.165, 1.54) is 16.9 Å². The van der Waals surface area contributed by atoms with E-state index in [-0.39, 0.29) is 5.56 Å². The number of aromatic nitrogens is 3. The first-order chi connectivity index (χ1) is 17.5. The minimum absolute atomic E-state index is 0.149. The lowest BCUT2D eigenvalue weighted by atomic mass is 10.1. The van der Waals surface area contributed by atoms with Crippen molar-refractivity contribution < 1.29 is 0 Å². The van der Waals surface area contributed by atoms with Gasteiger partial charge in [-0.15, -0.1) is 22.7 Å². The predicted octanol–water partition coefficient (Wildman–Crippen LogP) is 6.17. The molecule has 3 heterocycles. The van der Waals surface area contributed by atoms with Crippen LogP contribution in [0.15, 0.2) is 98.4 Å². The van der Waals surface area contributed by atoms with E-state index in [9.17, 15) is 4.79 Å². The molecule has 5 rings (SSSR count). The first kappa shape index (κ1) is 24.0. The van der Waals surface area contributed by atoms with Crippen molar-refractivity contribution >= 4 is 34.1 Å². The average molecular weight is 514 g/mol. The SMILES string of the molecule is CC(CCc1ccccc1)=Nn1c(-c2cccs2)csc1=Nc1c(C)n(C)n(-c2ccccc2)c1=O. The van der Waals surface area contributed by atoms with E-state index in [4.69, 9.17) is 10.1 Å². The third kappa shape index (κ3) is 4.82. The number of rotatable bonds is 7. The van der Waals surface area contributed by atoms with E-state index in [1.54, 1.807) is 16.0 Å². The molecule has 0 aliphatic carbocycles. The molecule has 5 aromatic rings. The summed E-state index contributed by atoms with van der Waals surface area (Å²) in [6.45, 7) is 3.97. The van der Waals surface area contributed by atoms with Gasteiger partial charge in [-0.05, 0) is 55.8 Å². The molecule has 0 bridgehead atoms. The predicted molar refractivity (Wildman–Crippen MR) is 150 cm³/mol. The Morgan fingerprint density at radius 2 is 1.67 bits per heavy atom. The number of hydrogen-bond acceptors (Lipinski definition) is 5. The second-order valence-electron chi connectivity index (χ2n) is 8.54. The van der Waals surface area contributed by atoms with E-state index in [2.05, 4.69) is 41.1 Å². The highest BCUT2D eigenvalue weighted by atomic mass is 32.1. The highest BCUT2D eigenvalue weighted by Gasteiger charge is 2.17. The number of para-hydroxylation sites is 1. The highest BCUT2D eigenvalue weighted by molar-refractivity contribution is 7.14. The van der Waals surface area contributed by atoms with Crippen LogP contribution < -0.4 is 10.4 Å². The second kappa shape index (κ2) is 10.5. The normalized spacial score (nSPS) is 12.4. The number of aryl methyl sites for hydroxylation is 1. The zero-order chi connectivity index (χ0) is 25.1. The zero-order valence-electron chi connectivity index (χ0n) is 20.5. The molecule has 0 aliphatic rings. The molecule has 3 aromatic heterocycles. The maximum atomic E-state index is 13.5. The quantitative estimate of drug-likeness (QED) is 0.240. The number of benzene rings is 2. The molecule has 0 aliphatic heterocycles. The number of thiophene rings is 1. The molecule has 0 N–H and O–H groups in total. The van der Waals surface area contributed by atoms with Crippen LogP contribution in [0.25, 0.3) is 16.3 Å². The van der Waals surface area contributed by atoms with Crippen molar-refractivity contribution in [2.75, 3.05) is 0 Å². The molecule has 36 heavy (non-hydrogen) atoms. The molecule has 8 heteroatoms. The van der Waals surface area contributed by atoms with E-state index < -0.39 is 0 Å². The monoisotopic (exact) mass is 513 g/mol. The van der Waals surface area contributed by atoms with Gasteiger partial charge in [0.1, 0.15) is 0 Å². The Kier molecular flexibility index (Phi) is 6.97. The summed E-state index contributed by atoms with van der Waals surface area (Å²) < 4.78 is 5.39. The minimum Gasteiger partial charge on any atom is -0.283 e. The van der Waals surface area contributed by atoms with Crippen molar-refractivity contribution in [2.45, 2.75) is 26.7 Å². The molecule has 0 unspecified atom stereocenters. The lowest BCUT2D eigenvalue weighted by Gasteiger charge is -2.07. The maximum absolute atomic E-state index is 13.5. The van der Waals surface area contributed by atoms with Crippen LogP contribution in [0.5, 0.6) is 0 Å². The number of thiazole rings is 1. The van der Waals surface area contributed by atoms with Crippen molar-refractivity contribution in [1.82, 2.24) is 14.0 Å². The summed E-state index contributed by atoms with van der Waals surface area (Å²) in [5.74, 6) is 0. The van der Waals surface area contributed by atoms with Gasteiger partial charge in [-0.25, -0.2) is 14.4 Å². The van der Waals surface area contributed by atoms with Crippen LogP contribution in [0.3, 0.4) is 0 Å². The molecule has 0 fully saturated rings. The second-order valence-corrected chi connectivity index (χ2v) is 10.3. The molecule has 0 atom stereocenters. The van der Waals surface area contributed by atoms with Crippen LogP contribution in [-0.4, -0.2) is 19.8 Å². The Morgan fingerprint density at radius 1 is 0.944 bits per heavy atom. The van der Waals surface area contributed by atoms with Gasteiger partial charge in [0.2, 0.25) is 4.80 Å². The van der Waals surface area contributed by atoms with Gasteiger partial charge >= 0.3 is 0 Å². The summed E-state index contributed by atoms with van der Waals surface area (Å²) in [4.78, 5) is 20.1. The summed E-state index contributed by atoms with van der Waals surface area (Å²) in [5, 5.41) is 9.09. The topological polar surface area (TPSA) is 56.6 Å². The largest absolute Gasteiger partial charge is 0.297 e. The zero-order valence-corrected chi connectivity index (χ0v) is 22.1. The first-order valence-electron chi connectivity index (χ1n) is 11.7. The van der Waals surface area contributed by atoms with Crippen LogP contribution in [0, 0.1) is 6.92 Å². The van der Waals surface area contributed by atoms with Crippen molar-refractivity contribution in [3.05, 3.63) is 110 Å². The van der Waals surface area contributed by atoms with E-state index in [1.807, 2.05) is 72.7 Å². The molecule has 0 amide bonds. The molecule has 0 radical (unpaired) electrons. The van der Waals surface area contributed by atoms with Crippen LogP contribution in [-0.2, 0) is 13.5 Å². The van der Waals surface area contributed by atoms with Crippen LogP contribution >= 0.6 is 22.7 Å². The van der Waals surface area contributed by atoms with Crippen molar-refractivity contribution in [1.29, 1.82) is 0 Å². The molecular weight excluding hydrogens is 486 g/mol. The Bertz CT molecular complexity index is 1620. The Labute approximate surface area is 217 Å². The smallest absolute Gasteiger partial charge is 0.283 e. The Morgan fingerprint density at radius 3 is 2.36 bits per heavy atom. The van der Waals surface area contributed by atoms with Gasteiger partial charge in [0, 0.05) is 18.1 Å². The van der Waals surface area contributed by atoms with Gasteiger partial charge in [-0.1, -0.05) is 54.6 Å². The van der Waals surface area contributed by atoms with Crippen molar-refractivity contribution in [3.63, 3.8) is 0 Å². The fourth-order valence-corrected chi connectivity index (χ4v) is 5.67. The molecule has 0 spiro atoms. The highest BCUT2D eigenvalue weighted by Crippen LogP contribution is 2.26. The first-order valence-corrected chi connectivity index (χ1v) is 13.5. The van der Waals surface area contributed by atoms with Crippen LogP contribution in [0.1, 0.15) is 24.6 Å². The third-order valence-electron chi connectivity index (χ3n) is 6.08. The van der Waals surface area contributed by atoms with Crippen molar-refractivity contribution in [2.24, 2.45) is 17.1 Å². The summed E-state index contributed by atoms with van der Waals surface area (Å²) in [6.07, 6.45) is 1.75. The van der Waals surface area contributed by atoms with Gasteiger partial charge < -0.3 is 0 Å². The summed E-state index contributed by atoms with van der Waals surface area (Å²) >= 11 is 3.15. The summed E-state index contributed by atoms with van der Waals surface area (Å²) in [5.41, 5.74) is 5.14. The van der Waals surface area contributed by atoms with Gasteiger partial charge in [0.15, 0.2) is 5.69 Å². The number of nitrogens with zero attached hydrogens (tertiary/aromatic N) is 5.